The van der Waals surface area contributed by atoms with Crippen molar-refractivity contribution in [2.75, 3.05) is 7.11 Å². The maximum Gasteiger partial charge on any atom is 0.275 e. The third-order valence-corrected chi connectivity index (χ3v) is 5.65. The van der Waals surface area contributed by atoms with Gasteiger partial charge in [0.2, 0.25) is 5.91 Å². The van der Waals surface area contributed by atoms with E-state index in [1.807, 2.05) is 32.9 Å². The van der Waals surface area contributed by atoms with E-state index < -0.39 is 23.3 Å². The fourth-order valence-electron chi connectivity index (χ4n) is 3.37. The first kappa shape index (κ1) is 24.8. The Morgan fingerprint density at radius 1 is 1.09 bits per heavy atom. The number of rotatable bonds is 9. The van der Waals surface area contributed by atoms with Gasteiger partial charge < -0.3 is 15.0 Å². The van der Waals surface area contributed by atoms with Gasteiger partial charge in [0.05, 0.1) is 13.3 Å². The third kappa shape index (κ3) is 6.15. The minimum atomic E-state index is -1.02. The highest BCUT2D eigenvalue weighted by atomic mass is 19.1. The molecule has 3 aromatic rings. The topological polar surface area (TPSA) is 84.4 Å². The summed E-state index contributed by atoms with van der Waals surface area (Å²) in [5.74, 6) is -0.598. The molecular weight excluding hydrogens is 435 g/mol. The van der Waals surface area contributed by atoms with Crippen molar-refractivity contribution in [2.45, 2.75) is 45.3 Å². The number of methoxy groups -OCH3 is 1. The summed E-state index contributed by atoms with van der Waals surface area (Å²) in [5.41, 5.74) is 0.867. The van der Waals surface area contributed by atoms with Crippen LogP contribution in [0.2, 0.25) is 0 Å². The summed E-state index contributed by atoms with van der Waals surface area (Å²) in [7, 11) is 1.57. The fourth-order valence-corrected chi connectivity index (χ4v) is 3.37. The van der Waals surface area contributed by atoms with Gasteiger partial charge in [0, 0.05) is 24.5 Å². The van der Waals surface area contributed by atoms with Gasteiger partial charge in [-0.15, -0.1) is 0 Å². The Morgan fingerprint density at radius 3 is 2.32 bits per heavy atom. The van der Waals surface area contributed by atoms with Gasteiger partial charge in [-0.1, -0.05) is 31.2 Å². The summed E-state index contributed by atoms with van der Waals surface area (Å²) in [4.78, 5) is 36.8. The summed E-state index contributed by atoms with van der Waals surface area (Å²) >= 11 is 0. The van der Waals surface area contributed by atoms with Crippen LogP contribution in [0.15, 0.2) is 67.1 Å². The van der Waals surface area contributed by atoms with Crippen LogP contribution in [0.4, 0.5) is 4.39 Å². The van der Waals surface area contributed by atoms with Crippen LogP contribution in [-0.4, -0.2) is 39.3 Å². The molecule has 0 fully saturated rings. The van der Waals surface area contributed by atoms with Gasteiger partial charge in [-0.05, 0) is 55.7 Å². The van der Waals surface area contributed by atoms with Crippen molar-refractivity contribution in [1.82, 2.24) is 20.2 Å². The lowest BCUT2D eigenvalue weighted by molar-refractivity contribution is -0.127. The molecule has 1 heterocycles. The van der Waals surface area contributed by atoms with Gasteiger partial charge in [-0.3, -0.25) is 14.6 Å². The smallest absolute Gasteiger partial charge is 0.275 e. The molecular formula is C26H29FN4O3. The second-order valence-corrected chi connectivity index (χ2v) is 8.55. The maximum absolute atomic E-state index is 13.7. The van der Waals surface area contributed by atoms with Crippen molar-refractivity contribution in [2.24, 2.45) is 0 Å². The van der Waals surface area contributed by atoms with E-state index in [2.05, 4.69) is 15.3 Å². The second-order valence-electron chi connectivity index (χ2n) is 8.55. The average Bonchev–Trinajstić information content (AvgIpc) is 2.85. The molecule has 1 N–H and O–H groups in total. The normalized spacial score (nSPS) is 12.0. The van der Waals surface area contributed by atoms with E-state index in [1.165, 1.54) is 47.8 Å². The molecule has 0 aliphatic carbocycles. The highest BCUT2D eigenvalue weighted by Gasteiger charge is 2.35. The lowest BCUT2D eigenvalue weighted by atomic mass is 9.98. The molecule has 2 aromatic carbocycles. The first-order chi connectivity index (χ1) is 16.2. The van der Waals surface area contributed by atoms with E-state index in [1.54, 1.807) is 19.2 Å². The molecule has 1 aromatic heterocycles. The Morgan fingerprint density at radius 2 is 1.76 bits per heavy atom. The van der Waals surface area contributed by atoms with E-state index >= 15 is 0 Å². The van der Waals surface area contributed by atoms with Crippen LogP contribution in [0.25, 0.3) is 0 Å². The highest BCUT2D eigenvalue weighted by molar-refractivity contribution is 5.96. The second kappa shape index (κ2) is 10.9. The Kier molecular flexibility index (Phi) is 7.94. The quantitative estimate of drug-likeness (QED) is 0.510. The maximum atomic E-state index is 13.7. The standard InChI is InChI=1S/C26H29FN4O3/c1-5-26(2,3)30-24(32)23(19-8-10-20(27)11-9-19)31(25(33)22-16-28-14-15-29-22)17-18-6-12-21(34-4)13-7-18/h6-16,23H,5,17H2,1-4H3,(H,30,32)/t23-/m0/s1. The van der Waals surface area contributed by atoms with E-state index in [0.717, 1.165) is 5.56 Å². The Balaban J connectivity index is 2.09. The molecule has 34 heavy (non-hydrogen) atoms. The van der Waals surface area contributed by atoms with Gasteiger partial charge in [0.15, 0.2) is 0 Å². The predicted octanol–water partition coefficient (Wildman–Crippen LogP) is 4.31. The molecule has 0 bridgehead atoms. The van der Waals surface area contributed by atoms with Crippen molar-refractivity contribution < 1.29 is 18.7 Å². The summed E-state index contributed by atoms with van der Waals surface area (Å²) in [5, 5.41) is 3.03. The zero-order valence-electron chi connectivity index (χ0n) is 19.8. The van der Waals surface area contributed by atoms with Crippen LogP contribution in [-0.2, 0) is 11.3 Å². The molecule has 0 saturated carbocycles. The van der Waals surface area contributed by atoms with Crippen molar-refractivity contribution >= 4 is 11.8 Å². The summed E-state index contributed by atoms with van der Waals surface area (Å²) in [6, 6.07) is 11.8. The molecule has 8 heteroatoms. The molecule has 1 atom stereocenters. The van der Waals surface area contributed by atoms with Gasteiger partial charge >= 0.3 is 0 Å². The largest absolute Gasteiger partial charge is 0.497 e. The van der Waals surface area contributed by atoms with Crippen molar-refractivity contribution in [3.05, 3.63) is 89.8 Å². The van der Waals surface area contributed by atoms with E-state index in [-0.39, 0.29) is 18.1 Å². The number of benzene rings is 2. The Bertz CT molecular complexity index is 1100. The Labute approximate surface area is 199 Å². The molecule has 7 nitrogen and oxygen atoms in total. The van der Waals surface area contributed by atoms with Gasteiger partial charge in [-0.2, -0.15) is 0 Å². The molecule has 178 valence electrons. The van der Waals surface area contributed by atoms with Crippen LogP contribution < -0.4 is 10.1 Å². The zero-order valence-corrected chi connectivity index (χ0v) is 19.8. The molecule has 0 aliphatic rings. The van der Waals surface area contributed by atoms with Crippen LogP contribution in [0.3, 0.4) is 0 Å². The number of halogens is 1. The lowest BCUT2D eigenvalue weighted by Crippen LogP contribution is -2.50. The Hall–Kier alpha value is -3.81. The predicted molar refractivity (Wildman–Crippen MR) is 127 cm³/mol. The van der Waals surface area contributed by atoms with Crippen molar-refractivity contribution in [3.63, 3.8) is 0 Å². The molecule has 0 aliphatic heterocycles. The number of ether oxygens (including phenoxy) is 1. The molecule has 0 spiro atoms. The molecule has 0 unspecified atom stereocenters. The van der Waals surface area contributed by atoms with Crippen molar-refractivity contribution in [3.8, 4) is 5.75 Å². The fraction of sp³-hybridized carbons (Fsp3) is 0.308. The number of aromatic nitrogens is 2. The number of nitrogens with zero attached hydrogens (tertiary/aromatic N) is 3. The first-order valence-corrected chi connectivity index (χ1v) is 11.0. The number of carbonyl (C=O) groups is 2. The zero-order chi connectivity index (χ0) is 24.7. The monoisotopic (exact) mass is 464 g/mol. The highest BCUT2D eigenvalue weighted by Crippen LogP contribution is 2.27. The van der Waals surface area contributed by atoms with E-state index in [4.69, 9.17) is 4.74 Å². The summed E-state index contributed by atoms with van der Waals surface area (Å²) in [6.07, 6.45) is 4.94. The number of carbonyl (C=O) groups excluding carboxylic acids is 2. The lowest BCUT2D eigenvalue weighted by Gasteiger charge is -2.34. The number of hydrogen-bond acceptors (Lipinski definition) is 5. The van der Waals surface area contributed by atoms with Crippen LogP contribution in [0.1, 0.15) is 54.8 Å². The van der Waals surface area contributed by atoms with Gasteiger partial charge in [-0.25, -0.2) is 9.37 Å². The minimum absolute atomic E-state index is 0.102. The molecule has 2 amide bonds. The summed E-state index contributed by atoms with van der Waals surface area (Å²) in [6.45, 7) is 5.89. The van der Waals surface area contributed by atoms with Gasteiger partial charge in [0.25, 0.3) is 5.91 Å². The van der Waals surface area contributed by atoms with E-state index in [9.17, 15) is 14.0 Å². The SMILES string of the molecule is CCC(C)(C)NC(=O)[C@H](c1ccc(F)cc1)N(Cc1ccc(OC)cc1)C(=O)c1cnccn1. The van der Waals surface area contributed by atoms with Crippen LogP contribution in [0, 0.1) is 5.82 Å². The first-order valence-electron chi connectivity index (χ1n) is 11.0. The average molecular weight is 465 g/mol. The number of amides is 2. The van der Waals surface area contributed by atoms with Crippen molar-refractivity contribution in [1.29, 1.82) is 0 Å². The molecule has 0 radical (unpaired) electrons. The number of hydrogen-bond donors (Lipinski definition) is 1. The van der Waals surface area contributed by atoms with Crippen LogP contribution in [0.5, 0.6) is 5.75 Å². The number of nitrogens with one attached hydrogen (secondary N) is 1. The molecule has 0 saturated heterocycles. The van der Waals surface area contributed by atoms with E-state index in [0.29, 0.717) is 17.7 Å². The minimum Gasteiger partial charge on any atom is -0.497 e. The third-order valence-electron chi connectivity index (χ3n) is 5.65. The van der Waals surface area contributed by atoms with Gasteiger partial charge in [0.1, 0.15) is 23.3 Å². The van der Waals surface area contributed by atoms with Crippen LogP contribution >= 0.6 is 0 Å². The molecule has 3 rings (SSSR count). The summed E-state index contributed by atoms with van der Waals surface area (Å²) < 4.78 is 18.9.